The van der Waals surface area contributed by atoms with Crippen molar-refractivity contribution >= 4 is 22.4 Å². The minimum absolute atomic E-state index is 0.197. The third-order valence-electron chi connectivity index (χ3n) is 1.94. The van der Waals surface area contributed by atoms with Gasteiger partial charge in [0.05, 0.1) is 10.6 Å². The zero-order chi connectivity index (χ0) is 10.1. The molecule has 0 unspecified atom stereocenters. The van der Waals surface area contributed by atoms with Crippen molar-refractivity contribution in [3.63, 3.8) is 0 Å². The Morgan fingerprint density at radius 2 is 2.14 bits per heavy atom. The second-order valence-electron chi connectivity index (χ2n) is 2.75. The van der Waals surface area contributed by atoms with Crippen molar-refractivity contribution in [1.82, 2.24) is 4.98 Å². The summed E-state index contributed by atoms with van der Waals surface area (Å²) in [7, 11) is 0. The summed E-state index contributed by atoms with van der Waals surface area (Å²) in [5.74, 6) is -0.455. The molecule has 1 heterocycles. The van der Waals surface area contributed by atoms with E-state index in [1.807, 2.05) is 6.07 Å². The molecule has 2 aromatic rings. The van der Waals surface area contributed by atoms with Gasteiger partial charge >= 0.3 is 0 Å². The molecule has 0 atom stereocenters. The highest BCUT2D eigenvalue weighted by atomic mass is 35.5. The quantitative estimate of drug-likeness (QED) is 0.665. The Morgan fingerprint density at radius 1 is 1.36 bits per heavy atom. The minimum Gasteiger partial charge on any atom is -0.263 e. The molecule has 0 amide bonds. The molecule has 0 saturated carbocycles. The van der Waals surface area contributed by atoms with Crippen molar-refractivity contribution in [3.8, 4) is 6.07 Å². The first-order valence-electron chi connectivity index (χ1n) is 3.86. The minimum atomic E-state index is -0.455. The van der Waals surface area contributed by atoms with Crippen LogP contribution < -0.4 is 0 Å². The number of pyridine rings is 1. The molecule has 1 aromatic heterocycles. The van der Waals surface area contributed by atoms with E-state index in [1.54, 1.807) is 0 Å². The number of fused-ring (bicyclic) bond motifs is 1. The van der Waals surface area contributed by atoms with Crippen LogP contribution in [0, 0.1) is 17.1 Å². The number of benzene rings is 1. The van der Waals surface area contributed by atoms with Gasteiger partial charge in [-0.2, -0.15) is 5.26 Å². The van der Waals surface area contributed by atoms with Gasteiger partial charge in [0.15, 0.2) is 0 Å². The molecule has 2 nitrogen and oxygen atoms in total. The van der Waals surface area contributed by atoms with Crippen molar-refractivity contribution in [2.75, 3.05) is 0 Å². The Morgan fingerprint density at radius 3 is 2.86 bits per heavy atom. The van der Waals surface area contributed by atoms with Crippen molar-refractivity contribution in [2.45, 2.75) is 0 Å². The van der Waals surface area contributed by atoms with E-state index in [-0.39, 0.29) is 10.9 Å². The number of hydrogen-bond acceptors (Lipinski definition) is 2. The van der Waals surface area contributed by atoms with E-state index in [9.17, 15) is 4.39 Å². The number of aromatic nitrogens is 1. The fraction of sp³-hybridized carbons (Fsp3) is 0. The van der Waals surface area contributed by atoms with E-state index in [4.69, 9.17) is 16.9 Å². The molecule has 0 saturated heterocycles. The number of hydrogen-bond donors (Lipinski definition) is 0. The number of rotatable bonds is 0. The zero-order valence-corrected chi connectivity index (χ0v) is 7.72. The highest BCUT2D eigenvalue weighted by molar-refractivity contribution is 6.35. The van der Waals surface area contributed by atoms with E-state index in [0.717, 1.165) is 0 Å². The number of halogens is 2. The van der Waals surface area contributed by atoms with Crippen LogP contribution in [0.4, 0.5) is 4.39 Å². The van der Waals surface area contributed by atoms with Crippen LogP contribution in [-0.2, 0) is 0 Å². The van der Waals surface area contributed by atoms with Crippen molar-refractivity contribution in [3.05, 3.63) is 40.9 Å². The Hall–Kier alpha value is -1.66. The van der Waals surface area contributed by atoms with E-state index in [2.05, 4.69) is 4.98 Å². The second kappa shape index (κ2) is 3.24. The third kappa shape index (κ3) is 1.21. The zero-order valence-electron chi connectivity index (χ0n) is 6.96. The van der Waals surface area contributed by atoms with Crippen LogP contribution in [0.5, 0.6) is 0 Å². The first-order chi connectivity index (χ1) is 6.74. The van der Waals surface area contributed by atoms with Gasteiger partial charge in [0.2, 0.25) is 0 Å². The van der Waals surface area contributed by atoms with Gasteiger partial charge in [-0.25, -0.2) is 4.39 Å². The summed E-state index contributed by atoms with van der Waals surface area (Å²) < 4.78 is 13.4. The van der Waals surface area contributed by atoms with E-state index >= 15 is 0 Å². The highest BCUT2D eigenvalue weighted by Gasteiger charge is 2.08. The summed E-state index contributed by atoms with van der Waals surface area (Å²) in [5, 5.41) is 9.84. The SMILES string of the molecule is N#Cc1cncc2c(Cl)ccc(F)c12. The van der Waals surface area contributed by atoms with E-state index in [1.165, 1.54) is 24.5 Å². The normalized spacial score (nSPS) is 10.1. The molecule has 0 spiro atoms. The lowest BCUT2D eigenvalue weighted by molar-refractivity contribution is 0.639. The van der Waals surface area contributed by atoms with E-state index < -0.39 is 5.82 Å². The molecular weight excluding hydrogens is 203 g/mol. The largest absolute Gasteiger partial charge is 0.263 e. The number of nitriles is 1. The van der Waals surface area contributed by atoms with Crippen LogP contribution in [-0.4, -0.2) is 4.98 Å². The maximum absolute atomic E-state index is 13.4. The fourth-order valence-corrected chi connectivity index (χ4v) is 1.51. The summed E-state index contributed by atoms with van der Waals surface area (Å²) in [5.41, 5.74) is 0.197. The lowest BCUT2D eigenvalue weighted by Gasteiger charge is -2.02. The van der Waals surface area contributed by atoms with Crippen LogP contribution >= 0.6 is 11.6 Å². The van der Waals surface area contributed by atoms with Crippen molar-refractivity contribution in [2.24, 2.45) is 0 Å². The summed E-state index contributed by atoms with van der Waals surface area (Å²) in [6.07, 6.45) is 2.77. The van der Waals surface area contributed by atoms with Crippen molar-refractivity contribution < 1.29 is 4.39 Å². The van der Waals surface area contributed by atoms with Gasteiger partial charge in [0.25, 0.3) is 0 Å². The first kappa shape index (κ1) is 8.92. The molecule has 0 bridgehead atoms. The third-order valence-corrected chi connectivity index (χ3v) is 2.27. The second-order valence-corrected chi connectivity index (χ2v) is 3.16. The molecule has 68 valence electrons. The highest BCUT2D eigenvalue weighted by Crippen LogP contribution is 2.27. The maximum atomic E-state index is 13.4. The smallest absolute Gasteiger partial charge is 0.132 e. The predicted molar refractivity (Wildman–Crippen MR) is 51.4 cm³/mol. The Labute approximate surface area is 84.6 Å². The molecule has 4 heteroatoms. The monoisotopic (exact) mass is 206 g/mol. The summed E-state index contributed by atoms with van der Waals surface area (Å²) in [4.78, 5) is 3.81. The summed E-state index contributed by atoms with van der Waals surface area (Å²) in [6.45, 7) is 0. The van der Waals surface area contributed by atoms with Crippen LogP contribution in [0.2, 0.25) is 5.02 Å². The Kier molecular flexibility index (Phi) is 2.06. The molecule has 1 aromatic carbocycles. The van der Waals surface area contributed by atoms with Gasteiger partial charge in [-0.3, -0.25) is 4.98 Å². The number of nitrogens with zero attached hydrogens (tertiary/aromatic N) is 2. The molecule has 0 fully saturated rings. The Bertz CT molecular complexity index is 546. The topological polar surface area (TPSA) is 36.7 Å². The van der Waals surface area contributed by atoms with Crippen LogP contribution in [0.15, 0.2) is 24.5 Å². The molecule has 0 aliphatic heterocycles. The first-order valence-corrected chi connectivity index (χ1v) is 4.23. The van der Waals surface area contributed by atoms with Gasteiger partial charge in [0.1, 0.15) is 11.9 Å². The van der Waals surface area contributed by atoms with Gasteiger partial charge in [-0.15, -0.1) is 0 Å². The van der Waals surface area contributed by atoms with Gasteiger partial charge in [-0.05, 0) is 12.1 Å². The molecular formula is C10H4ClFN2. The average Bonchev–Trinajstić information content (AvgIpc) is 2.23. The van der Waals surface area contributed by atoms with Crippen LogP contribution in [0.25, 0.3) is 10.8 Å². The van der Waals surface area contributed by atoms with Crippen LogP contribution in [0.1, 0.15) is 5.56 Å². The molecule has 0 radical (unpaired) electrons. The molecule has 0 N–H and O–H groups in total. The lowest BCUT2D eigenvalue weighted by atomic mass is 10.1. The average molecular weight is 207 g/mol. The predicted octanol–water partition coefficient (Wildman–Crippen LogP) is 2.90. The van der Waals surface area contributed by atoms with Gasteiger partial charge < -0.3 is 0 Å². The standard InChI is InChI=1S/C10H4ClFN2/c11-8-1-2-9(12)10-6(3-13)4-14-5-7(8)10/h1-2,4-5H. The van der Waals surface area contributed by atoms with Crippen LogP contribution in [0.3, 0.4) is 0 Å². The summed E-state index contributed by atoms with van der Waals surface area (Å²) in [6, 6.07) is 4.56. The molecule has 0 aliphatic carbocycles. The van der Waals surface area contributed by atoms with Gasteiger partial charge in [0, 0.05) is 23.2 Å². The van der Waals surface area contributed by atoms with E-state index in [0.29, 0.717) is 10.4 Å². The summed E-state index contributed by atoms with van der Waals surface area (Å²) >= 11 is 5.84. The van der Waals surface area contributed by atoms with Crippen molar-refractivity contribution in [1.29, 1.82) is 5.26 Å². The fourth-order valence-electron chi connectivity index (χ4n) is 1.30. The molecule has 2 rings (SSSR count). The maximum Gasteiger partial charge on any atom is 0.132 e. The molecule has 14 heavy (non-hydrogen) atoms. The van der Waals surface area contributed by atoms with Gasteiger partial charge in [-0.1, -0.05) is 11.6 Å². The molecule has 0 aliphatic rings. The Balaban J connectivity index is 3.01. The lowest BCUT2D eigenvalue weighted by Crippen LogP contribution is -1.87.